The first-order valence-electron chi connectivity index (χ1n) is 18.7. The molecular formula is C44H50BrNO6SSi. The Morgan fingerprint density at radius 2 is 1.67 bits per heavy atom. The first-order chi connectivity index (χ1) is 25.9. The number of rotatable bonds is 14. The van der Waals surface area contributed by atoms with E-state index in [-0.39, 0.29) is 48.8 Å². The number of allylic oxidation sites excluding steroid dienone is 1. The van der Waals surface area contributed by atoms with Crippen LogP contribution in [0.3, 0.4) is 0 Å². The first kappa shape index (κ1) is 40.0. The summed E-state index contributed by atoms with van der Waals surface area (Å²) in [5.41, 5.74) is 3.11. The molecule has 1 aliphatic heterocycles. The molecule has 10 heteroatoms. The average Bonchev–Trinajstić information content (AvgIpc) is 3.77. The van der Waals surface area contributed by atoms with Crippen molar-refractivity contribution in [3.63, 3.8) is 0 Å². The molecule has 54 heavy (non-hydrogen) atoms. The molecule has 3 N–H and O–H groups in total. The first-order valence-corrected chi connectivity index (χ1v) is 22.3. The molecule has 0 saturated carbocycles. The van der Waals surface area contributed by atoms with Crippen LogP contribution in [0.15, 0.2) is 118 Å². The summed E-state index contributed by atoms with van der Waals surface area (Å²) < 4.78 is 8.24. The highest BCUT2D eigenvalue weighted by atomic mass is 79.9. The minimum atomic E-state index is -3.02. The molecule has 1 aromatic heterocycles. The third-order valence-corrected chi connectivity index (χ3v) is 17.5. The van der Waals surface area contributed by atoms with Crippen LogP contribution in [0.5, 0.6) is 5.75 Å². The van der Waals surface area contributed by atoms with Crippen LogP contribution in [-0.4, -0.2) is 59.7 Å². The van der Waals surface area contributed by atoms with Crippen LogP contribution in [0.4, 0.5) is 0 Å². The van der Waals surface area contributed by atoms with Gasteiger partial charge in [-0.2, -0.15) is 0 Å². The fourth-order valence-corrected chi connectivity index (χ4v) is 14.1. The maximum atomic E-state index is 14.1. The summed E-state index contributed by atoms with van der Waals surface area (Å²) in [6.45, 7) is 8.63. The molecule has 1 fully saturated rings. The van der Waals surface area contributed by atoms with Gasteiger partial charge in [-0.05, 0) is 81.9 Å². The molecule has 2 amide bonds. The number of nitrogens with zero attached hydrogens (tertiary/aromatic N) is 1. The van der Waals surface area contributed by atoms with Crippen molar-refractivity contribution in [2.45, 2.75) is 71.1 Å². The summed E-state index contributed by atoms with van der Waals surface area (Å²) in [6.07, 6.45) is 2.79. The van der Waals surface area contributed by atoms with Crippen LogP contribution in [-0.2, 0) is 20.6 Å². The Bertz CT molecular complexity index is 1950. The van der Waals surface area contributed by atoms with Gasteiger partial charge in [0, 0.05) is 20.8 Å². The maximum Gasteiger partial charge on any atom is 0.261 e. The minimum absolute atomic E-state index is 0.147. The molecule has 1 aliphatic carbocycles. The third-order valence-electron chi connectivity index (χ3n) is 11.1. The Morgan fingerprint density at radius 3 is 2.24 bits per heavy atom. The zero-order chi connectivity index (χ0) is 38.6. The SMILES string of the molecule is CC/C(=C\c1cc(Br)ccc1O)CC[C@@H](O)C1=C(CO[Si](c2ccccc2)(c2ccccc2)C(C)(C)C)C[C@H]2C(=O)N(Cc3cccs3)C(=O)[C@H]2[C@H]1CO. The molecule has 4 aromatic rings. The number of aliphatic hydroxyl groups is 2. The number of carbonyl (C=O) groups excluding carboxylic acids is 2. The predicted octanol–water partition coefficient (Wildman–Crippen LogP) is 7.84. The number of aliphatic hydroxyl groups excluding tert-OH is 2. The van der Waals surface area contributed by atoms with E-state index in [1.54, 1.807) is 12.1 Å². The van der Waals surface area contributed by atoms with E-state index in [2.05, 4.69) is 61.0 Å². The van der Waals surface area contributed by atoms with E-state index in [0.717, 1.165) is 30.9 Å². The lowest BCUT2D eigenvalue weighted by Gasteiger charge is -2.44. The maximum absolute atomic E-state index is 14.1. The zero-order valence-electron chi connectivity index (χ0n) is 31.4. The lowest BCUT2D eigenvalue weighted by Crippen LogP contribution is -2.66. The standard InChI is InChI=1S/C44H50BrNO6SSi/c1-5-29(23-30-24-32(45)19-21-38(30)48)18-20-39(49)40-31(25-36-41(37(40)27-47)43(51)46(42(36)50)26-33-13-12-22-53-33)28-52-54(44(2,3)4,34-14-8-6-9-15-34)35-16-10-7-11-17-35/h6-17,19,21-24,36-37,39,41,47-49H,5,18,20,25-28H2,1-4H3/b29-23+/t36-,37+,39-,41-/m1/s1. The number of phenolic OH excluding ortho intramolecular Hbond substituents is 1. The van der Waals surface area contributed by atoms with Gasteiger partial charge < -0.3 is 19.7 Å². The number of hydrogen-bond acceptors (Lipinski definition) is 7. The van der Waals surface area contributed by atoms with Crippen molar-refractivity contribution in [2.24, 2.45) is 17.8 Å². The van der Waals surface area contributed by atoms with Gasteiger partial charge in [-0.3, -0.25) is 14.5 Å². The van der Waals surface area contributed by atoms with E-state index < -0.39 is 32.2 Å². The van der Waals surface area contributed by atoms with Gasteiger partial charge in [-0.1, -0.05) is 122 Å². The summed E-state index contributed by atoms with van der Waals surface area (Å²) >= 11 is 4.99. The van der Waals surface area contributed by atoms with Gasteiger partial charge in [-0.25, -0.2) is 0 Å². The smallest absolute Gasteiger partial charge is 0.261 e. The van der Waals surface area contributed by atoms with Crippen molar-refractivity contribution < 1.29 is 29.3 Å². The second-order valence-corrected chi connectivity index (χ2v) is 21.6. The van der Waals surface area contributed by atoms with Crippen LogP contribution in [0.25, 0.3) is 6.08 Å². The molecule has 6 rings (SSSR count). The van der Waals surface area contributed by atoms with Crippen molar-refractivity contribution in [3.05, 3.63) is 128 Å². The summed E-state index contributed by atoms with van der Waals surface area (Å²) in [5.74, 6) is -2.54. The number of amides is 2. The van der Waals surface area contributed by atoms with Crippen LogP contribution in [0.2, 0.25) is 5.04 Å². The van der Waals surface area contributed by atoms with Crippen molar-refractivity contribution >= 4 is 63.8 Å². The van der Waals surface area contributed by atoms with Gasteiger partial charge in [0.15, 0.2) is 0 Å². The third kappa shape index (κ3) is 8.01. The lowest BCUT2D eigenvalue weighted by atomic mass is 9.68. The van der Waals surface area contributed by atoms with Crippen molar-refractivity contribution in [1.29, 1.82) is 0 Å². The molecule has 1 saturated heterocycles. The molecule has 284 valence electrons. The number of aromatic hydroxyl groups is 1. The Morgan fingerprint density at radius 1 is 1.00 bits per heavy atom. The summed E-state index contributed by atoms with van der Waals surface area (Å²) in [4.78, 5) is 30.5. The van der Waals surface area contributed by atoms with Crippen LogP contribution in [0, 0.1) is 17.8 Å². The average molecular weight is 829 g/mol. The van der Waals surface area contributed by atoms with Gasteiger partial charge in [0.1, 0.15) is 5.75 Å². The van der Waals surface area contributed by atoms with Gasteiger partial charge in [0.25, 0.3) is 8.32 Å². The molecular weight excluding hydrogens is 779 g/mol. The van der Waals surface area contributed by atoms with E-state index in [1.165, 1.54) is 16.2 Å². The summed E-state index contributed by atoms with van der Waals surface area (Å²) in [6, 6.07) is 29.8. The van der Waals surface area contributed by atoms with Gasteiger partial charge in [-0.15, -0.1) is 11.3 Å². The Kier molecular flexibility index (Phi) is 12.6. The Labute approximate surface area is 332 Å². The van der Waals surface area contributed by atoms with Crippen LogP contribution >= 0.6 is 27.3 Å². The quantitative estimate of drug-likeness (QED) is 0.0680. The molecule has 4 atom stereocenters. The number of hydrogen-bond donors (Lipinski definition) is 3. The molecule has 0 bridgehead atoms. The molecule has 3 aromatic carbocycles. The van der Waals surface area contributed by atoms with E-state index in [1.807, 2.05) is 73.0 Å². The lowest BCUT2D eigenvalue weighted by molar-refractivity contribution is -0.140. The summed E-state index contributed by atoms with van der Waals surface area (Å²) in [7, 11) is -3.02. The topological polar surface area (TPSA) is 107 Å². The monoisotopic (exact) mass is 827 g/mol. The van der Waals surface area contributed by atoms with Gasteiger partial charge in [0.05, 0.1) is 37.7 Å². The number of carbonyl (C=O) groups is 2. The highest BCUT2D eigenvalue weighted by molar-refractivity contribution is 9.10. The van der Waals surface area contributed by atoms with E-state index >= 15 is 0 Å². The molecule has 7 nitrogen and oxygen atoms in total. The van der Waals surface area contributed by atoms with E-state index in [0.29, 0.717) is 30.4 Å². The van der Waals surface area contributed by atoms with Gasteiger partial charge in [0.2, 0.25) is 11.8 Å². The van der Waals surface area contributed by atoms with Crippen LogP contribution in [0.1, 0.15) is 63.8 Å². The van der Waals surface area contributed by atoms with Crippen molar-refractivity contribution in [3.8, 4) is 5.75 Å². The Balaban J connectivity index is 1.41. The number of halogens is 1. The highest BCUT2D eigenvalue weighted by Crippen LogP contribution is 2.48. The normalized spacial score (nSPS) is 20.1. The highest BCUT2D eigenvalue weighted by Gasteiger charge is 2.56. The number of thiophene rings is 1. The van der Waals surface area contributed by atoms with E-state index in [9.17, 15) is 24.9 Å². The van der Waals surface area contributed by atoms with Crippen molar-refractivity contribution in [1.82, 2.24) is 4.90 Å². The molecule has 0 unspecified atom stereocenters. The largest absolute Gasteiger partial charge is 0.507 e. The summed E-state index contributed by atoms with van der Waals surface area (Å²) in [5, 5.41) is 37.7. The second-order valence-electron chi connectivity index (χ2n) is 15.4. The number of phenols is 1. The number of benzene rings is 3. The fraction of sp³-hybridized carbons (Fsp3) is 0.364. The van der Waals surface area contributed by atoms with Gasteiger partial charge >= 0.3 is 0 Å². The zero-order valence-corrected chi connectivity index (χ0v) is 34.8. The van der Waals surface area contributed by atoms with E-state index in [4.69, 9.17) is 4.43 Å². The fourth-order valence-electron chi connectivity index (χ4n) is 8.52. The predicted molar refractivity (Wildman–Crippen MR) is 222 cm³/mol. The molecule has 2 heterocycles. The number of fused-ring (bicyclic) bond motifs is 1. The number of imide groups is 1. The van der Waals surface area contributed by atoms with Crippen molar-refractivity contribution in [2.75, 3.05) is 13.2 Å². The Hall–Kier alpha value is -3.64. The molecule has 0 spiro atoms. The number of likely N-dealkylation sites (tertiary alicyclic amines) is 1. The minimum Gasteiger partial charge on any atom is -0.507 e. The molecule has 2 aliphatic rings. The second kappa shape index (κ2) is 17.0. The molecule has 0 radical (unpaired) electrons. The van der Waals surface area contributed by atoms with Crippen LogP contribution < -0.4 is 10.4 Å².